The van der Waals surface area contributed by atoms with E-state index in [0.717, 1.165) is 15.4 Å². The third-order valence-electron chi connectivity index (χ3n) is 3.15. The van der Waals surface area contributed by atoms with Crippen molar-refractivity contribution in [3.05, 3.63) is 62.5 Å². The lowest BCUT2D eigenvalue weighted by Crippen LogP contribution is -2.07. The molecule has 0 aromatic heterocycles. The summed E-state index contributed by atoms with van der Waals surface area (Å²) in [6.45, 7) is 4.35. The van der Waals surface area contributed by atoms with Crippen molar-refractivity contribution >= 4 is 37.5 Å². The highest BCUT2D eigenvalue weighted by Gasteiger charge is 2.09. The average molecular weight is 383 g/mol. The van der Waals surface area contributed by atoms with Crippen LogP contribution in [0.5, 0.6) is 0 Å². The van der Waals surface area contributed by atoms with Crippen LogP contribution in [-0.2, 0) is 6.42 Å². The molecule has 2 rings (SSSR count). The summed E-state index contributed by atoms with van der Waals surface area (Å²) >= 11 is 7.10. The molecular weight excluding hydrogens is 366 g/mol. The van der Waals surface area contributed by atoms with Gasteiger partial charge in [0.25, 0.3) is 0 Å². The molecule has 2 aromatic rings. The molecule has 1 unspecified atom stereocenters. The number of anilines is 1. The predicted molar refractivity (Wildman–Crippen MR) is 89.7 cm³/mol. The maximum atomic E-state index is 3.62. The van der Waals surface area contributed by atoms with Gasteiger partial charge in [-0.05, 0) is 48.7 Å². The van der Waals surface area contributed by atoms with E-state index in [4.69, 9.17) is 0 Å². The Kier molecular flexibility index (Phi) is 5.06. The SMILES string of the molecule is CCc1cccc(NC(C)c2ccc(Br)cc2Br)c1. The topological polar surface area (TPSA) is 12.0 Å². The van der Waals surface area contributed by atoms with E-state index in [1.807, 2.05) is 0 Å². The Bertz CT molecular complexity index is 566. The van der Waals surface area contributed by atoms with Crippen molar-refractivity contribution < 1.29 is 0 Å². The largest absolute Gasteiger partial charge is 0.378 e. The van der Waals surface area contributed by atoms with Gasteiger partial charge < -0.3 is 5.32 Å². The average Bonchev–Trinajstić information content (AvgIpc) is 2.38. The van der Waals surface area contributed by atoms with Crippen LogP contribution in [0.15, 0.2) is 51.4 Å². The summed E-state index contributed by atoms with van der Waals surface area (Å²) in [5.41, 5.74) is 3.78. The zero-order valence-corrected chi connectivity index (χ0v) is 14.3. The zero-order valence-electron chi connectivity index (χ0n) is 11.1. The smallest absolute Gasteiger partial charge is 0.0496 e. The van der Waals surface area contributed by atoms with Crippen LogP contribution < -0.4 is 5.32 Å². The molecule has 1 atom stereocenters. The first-order valence-corrected chi connectivity index (χ1v) is 7.99. The molecule has 0 aliphatic rings. The fraction of sp³-hybridized carbons (Fsp3) is 0.250. The highest BCUT2D eigenvalue weighted by atomic mass is 79.9. The molecule has 0 amide bonds. The van der Waals surface area contributed by atoms with Crippen molar-refractivity contribution in [1.82, 2.24) is 0 Å². The highest BCUT2D eigenvalue weighted by Crippen LogP contribution is 2.29. The molecule has 0 aliphatic carbocycles. The molecule has 0 saturated carbocycles. The number of nitrogens with one attached hydrogen (secondary N) is 1. The summed E-state index contributed by atoms with van der Waals surface area (Å²) in [5, 5.41) is 3.55. The summed E-state index contributed by atoms with van der Waals surface area (Å²) in [6, 6.07) is 15.1. The number of hydrogen-bond acceptors (Lipinski definition) is 1. The van der Waals surface area contributed by atoms with Gasteiger partial charge in [0, 0.05) is 20.7 Å². The van der Waals surface area contributed by atoms with E-state index in [1.54, 1.807) is 0 Å². The lowest BCUT2D eigenvalue weighted by atomic mass is 10.1. The maximum Gasteiger partial charge on any atom is 0.0496 e. The Morgan fingerprint density at radius 3 is 2.58 bits per heavy atom. The molecule has 19 heavy (non-hydrogen) atoms. The molecule has 0 heterocycles. The van der Waals surface area contributed by atoms with Crippen LogP contribution in [0.1, 0.15) is 31.0 Å². The van der Waals surface area contributed by atoms with Crippen molar-refractivity contribution in [3.63, 3.8) is 0 Å². The monoisotopic (exact) mass is 381 g/mol. The summed E-state index contributed by atoms with van der Waals surface area (Å²) in [4.78, 5) is 0. The molecule has 100 valence electrons. The quantitative estimate of drug-likeness (QED) is 0.689. The normalized spacial score (nSPS) is 12.2. The Hall–Kier alpha value is -0.800. The third-order valence-corrected chi connectivity index (χ3v) is 4.33. The van der Waals surface area contributed by atoms with E-state index in [9.17, 15) is 0 Å². The summed E-state index contributed by atoms with van der Waals surface area (Å²) in [5.74, 6) is 0. The summed E-state index contributed by atoms with van der Waals surface area (Å²) < 4.78 is 2.21. The van der Waals surface area contributed by atoms with Gasteiger partial charge in [0.1, 0.15) is 0 Å². The molecule has 0 saturated heterocycles. The molecule has 0 bridgehead atoms. The van der Waals surface area contributed by atoms with E-state index in [2.05, 4.69) is 93.5 Å². The van der Waals surface area contributed by atoms with Crippen molar-refractivity contribution in [2.24, 2.45) is 0 Å². The summed E-state index contributed by atoms with van der Waals surface area (Å²) in [6.07, 6.45) is 1.06. The third kappa shape index (κ3) is 3.83. The zero-order chi connectivity index (χ0) is 13.8. The number of hydrogen-bond donors (Lipinski definition) is 1. The van der Waals surface area contributed by atoms with Crippen LogP contribution in [-0.4, -0.2) is 0 Å². The van der Waals surface area contributed by atoms with Gasteiger partial charge in [0.15, 0.2) is 0 Å². The van der Waals surface area contributed by atoms with Crippen LogP contribution in [0.3, 0.4) is 0 Å². The van der Waals surface area contributed by atoms with E-state index in [0.29, 0.717) is 0 Å². The van der Waals surface area contributed by atoms with Crippen LogP contribution in [0.2, 0.25) is 0 Å². The van der Waals surface area contributed by atoms with Crippen LogP contribution >= 0.6 is 31.9 Å². The van der Waals surface area contributed by atoms with Crippen molar-refractivity contribution in [3.8, 4) is 0 Å². The van der Waals surface area contributed by atoms with E-state index in [-0.39, 0.29) is 6.04 Å². The minimum absolute atomic E-state index is 0.259. The molecule has 0 radical (unpaired) electrons. The van der Waals surface area contributed by atoms with Gasteiger partial charge in [0.2, 0.25) is 0 Å². The second kappa shape index (κ2) is 6.58. The second-order valence-corrected chi connectivity index (χ2v) is 6.36. The fourth-order valence-corrected chi connectivity index (χ4v) is 3.45. The number of rotatable bonds is 4. The van der Waals surface area contributed by atoms with Crippen molar-refractivity contribution in [1.29, 1.82) is 0 Å². The van der Waals surface area contributed by atoms with Gasteiger partial charge in [0.05, 0.1) is 0 Å². The van der Waals surface area contributed by atoms with Crippen molar-refractivity contribution in [2.45, 2.75) is 26.3 Å². The lowest BCUT2D eigenvalue weighted by molar-refractivity contribution is 0.877. The highest BCUT2D eigenvalue weighted by molar-refractivity contribution is 9.11. The number of aryl methyl sites for hydroxylation is 1. The number of benzene rings is 2. The maximum absolute atomic E-state index is 3.62. The van der Waals surface area contributed by atoms with Crippen molar-refractivity contribution in [2.75, 3.05) is 5.32 Å². The van der Waals surface area contributed by atoms with Gasteiger partial charge in [-0.1, -0.05) is 57.0 Å². The molecular formula is C16H17Br2N. The first-order chi connectivity index (χ1) is 9.10. The Morgan fingerprint density at radius 2 is 1.89 bits per heavy atom. The molecule has 2 aromatic carbocycles. The minimum atomic E-state index is 0.259. The Morgan fingerprint density at radius 1 is 1.11 bits per heavy atom. The second-order valence-electron chi connectivity index (χ2n) is 4.59. The predicted octanol–water partition coefficient (Wildman–Crippen LogP) is 5.95. The summed E-state index contributed by atoms with van der Waals surface area (Å²) in [7, 11) is 0. The minimum Gasteiger partial charge on any atom is -0.378 e. The van der Waals surface area contributed by atoms with Crippen LogP contribution in [0, 0.1) is 0 Å². The van der Waals surface area contributed by atoms with Gasteiger partial charge >= 0.3 is 0 Å². The van der Waals surface area contributed by atoms with Gasteiger partial charge in [-0.2, -0.15) is 0 Å². The Labute approximate surface area is 131 Å². The van der Waals surface area contributed by atoms with E-state index >= 15 is 0 Å². The van der Waals surface area contributed by atoms with Crippen LogP contribution in [0.4, 0.5) is 5.69 Å². The molecule has 0 fully saturated rings. The van der Waals surface area contributed by atoms with E-state index in [1.165, 1.54) is 16.8 Å². The molecule has 1 N–H and O–H groups in total. The van der Waals surface area contributed by atoms with Gasteiger partial charge in [-0.3, -0.25) is 0 Å². The first-order valence-electron chi connectivity index (χ1n) is 6.40. The standard InChI is InChI=1S/C16H17Br2N/c1-3-12-5-4-6-14(9-12)19-11(2)15-8-7-13(17)10-16(15)18/h4-11,19H,3H2,1-2H3. The molecule has 0 spiro atoms. The molecule has 1 nitrogen and oxygen atoms in total. The fourth-order valence-electron chi connectivity index (χ4n) is 2.06. The van der Waals surface area contributed by atoms with Crippen LogP contribution in [0.25, 0.3) is 0 Å². The molecule has 3 heteroatoms. The van der Waals surface area contributed by atoms with E-state index < -0.39 is 0 Å². The molecule has 0 aliphatic heterocycles. The lowest BCUT2D eigenvalue weighted by Gasteiger charge is -2.18. The Balaban J connectivity index is 2.17. The number of halogens is 2. The van der Waals surface area contributed by atoms with Gasteiger partial charge in [-0.25, -0.2) is 0 Å². The first kappa shape index (κ1) is 14.6. The van der Waals surface area contributed by atoms with Gasteiger partial charge in [-0.15, -0.1) is 0 Å².